The van der Waals surface area contributed by atoms with Crippen molar-refractivity contribution in [3.05, 3.63) is 16.1 Å². The molecule has 1 aromatic rings. The number of hydrogen-bond donors (Lipinski definition) is 1. The highest BCUT2D eigenvalue weighted by atomic mass is 32.1. The molecule has 0 fully saturated rings. The molecule has 1 N–H and O–H groups in total. The molecule has 0 amide bonds. The smallest absolute Gasteiger partial charge is 0.0927 e. The van der Waals surface area contributed by atoms with E-state index >= 15 is 0 Å². The summed E-state index contributed by atoms with van der Waals surface area (Å²) in [5, 5.41) is 10.0. The van der Waals surface area contributed by atoms with Crippen LogP contribution in [0.3, 0.4) is 0 Å². The topological polar surface area (TPSA) is 42.4 Å². The third kappa shape index (κ3) is 2.77. The maximum atomic E-state index is 10.0. The molecule has 2 unspecified atom stereocenters. The van der Waals surface area contributed by atoms with Crippen LogP contribution >= 0.6 is 11.3 Å². The second kappa shape index (κ2) is 5.44. The highest BCUT2D eigenvalue weighted by Gasteiger charge is 2.19. The normalized spacial score (nSPS) is 15.4. The van der Waals surface area contributed by atoms with Crippen molar-refractivity contribution in [2.45, 2.75) is 26.4 Å². The Hall–Kier alpha value is -0.450. The molecule has 3 nitrogen and oxygen atoms in total. The van der Waals surface area contributed by atoms with Crippen LogP contribution in [-0.2, 0) is 4.74 Å². The highest BCUT2D eigenvalue weighted by Crippen LogP contribution is 2.29. The molecule has 1 heterocycles. The first kappa shape index (κ1) is 11.6. The van der Waals surface area contributed by atoms with E-state index in [0.29, 0.717) is 6.61 Å². The lowest BCUT2D eigenvalue weighted by Gasteiger charge is -2.17. The Labute approximate surface area is 88.8 Å². The average Bonchev–Trinajstić information content (AvgIpc) is 2.59. The first-order chi connectivity index (χ1) is 6.66. The molecule has 0 aliphatic heterocycles. The molecule has 0 saturated heterocycles. The minimum absolute atomic E-state index is 0.217. The van der Waals surface area contributed by atoms with Crippen molar-refractivity contribution in [3.8, 4) is 0 Å². The van der Waals surface area contributed by atoms with Gasteiger partial charge in [0.1, 0.15) is 0 Å². The van der Waals surface area contributed by atoms with E-state index in [9.17, 15) is 5.11 Å². The number of aryl methyl sites for hydroxylation is 1. The molecular formula is C10H17NO2S. The van der Waals surface area contributed by atoms with E-state index in [4.69, 9.17) is 4.74 Å². The Kier molecular flexibility index (Phi) is 4.51. The number of methoxy groups -OCH3 is 1. The van der Waals surface area contributed by atoms with Crippen molar-refractivity contribution < 1.29 is 9.84 Å². The fourth-order valence-electron chi connectivity index (χ4n) is 1.31. The summed E-state index contributed by atoms with van der Waals surface area (Å²) < 4.78 is 4.99. The minimum atomic E-state index is -0.405. The largest absolute Gasteiger partial charge is 0.387 e. The molecule has 0 spiro atoms. The van der Waals surface area contributed by atoms with Crippen LogP contribution in [0.1, 0.15) is 30.0 Å². The quantitative estimate of drug-likeness (QED) is 0.818. The first-order valence-electron chi connectivity index (χ1n) is 4.73. The van der Waals surface area contributed by atoms with Crippen LogP contribution in [0.25, 0.3) is 0 Å². The molecule has 80 valence electrons. The van der Waals surface area contributed by atoms with E-state index in [1.807, 2.05) is 13.8 Å². The Morgan fingerprint density at radius 3 is 2.86 bits per heavy atom. The highest BCUT2D eigenvalue weighted by molar-refractivity contribution is 7.09. The number of aliphatic hydroxyl groups excluding tert-OH is 1. The lowest BCUT2D eigenvalue weighted by molar-refractivity contribution is 0.0906. The van der Waals surface area contributed by atoms with E-state index < -0.39 is 6.10 Å². The molecule has 0 aromatic carbocycles. The van der Waals surface area contributed by atoms with Crippen LogP contribution in [0.15, 0.2) is 5.51 Å². The molecule has 0 aliphatic carbocycles. The summed E-state index contributed by atoms with van der Waals surface area (Å²) >= 11 is 1.52. The fraction of sp³-hybridized carbons (Fsp3) is 0.700. The van der Waals surface area contributed by atoms with Crippen LogP contribution in [-0.4, -0.2) is 23.8 Å². The van der Waals surface area contributed by atoms with Crippen molar-refractivity contribution in [2.24, 2.45) is 5.92 Å². The summed E-state index contributed by atoms with van der Waals surface area (Å²) in [7, 11) is 1.68. The monoisotopic (exact) mass is 215 g/mol. The van der Waals surface area contributed by atoms with Gasteiger partial charge in [-0.25, -0.2) is 4.98 Å². The number of rotatable bonds is 5. The second-order valence-electron chi connectivity index (χ2n) is 3.51. The number of thiazole rings is 1. The van der Waals surface area contributed by atoms with Crippen molar-refractivity contribution in [2.75, 3.05) is 13.7 Å². The molecule has 14 heavy (non-hydrogen) atoms. The van der Waals surface area contributed by atoms with Gasteiger partial charge in [-0.1, -0.05) is 6.92 Å². The molecule has 0 saturated carbocycles. The summed E-state index contributed by atoms with van der Waals surface area (Å²) in [6.07, 6.45) is 0.465. The van der Waals surface area contributed by atoms with Gasteiger partial charge in [0.05, 0.1) is 22.2 Å². The van der Waals surface area contributed by atoms with Crippen LogP contribution in [0.2, 0.25) is 0 Å². The molecule has 4 heteroatoms. The summed E-state index contributed by atoms with van der Waals surface area (Å²) in [4.78, 5) is 5.11. The zero-order chi connectivity index (χ0) is 10.6. The molecular weight excluding hydrogens is 198 g/mol. The molecule has 1 rings (SSSR count). The lowest BCUT2D eigenvalue weighted by atomic mass is 9.99. The van der Waals surface area contributed by atoms with Gasteiger partial charge in [-0.15, -0.1) is 11.3 Å². The van der Waals surface area contributed by atoms with Gasteiger partial charge in [-0.05, 0) is 19.3 Å². The molecule has 2 atom stereocenters. The van der Waals surface area contributed by atoms with Crippen LogP contribution in [0.4, 0.5) is 0 Å². The molecule has 0 bridgehead atoms. The van der Waals surface area contributed by atoms with Crippen LogP contribution in [0, 0.1) is 12.8 Å². The van der Waals surface area contributed by atoms with Gasteiger partial charge in [0.25, 0.3) is 0 Å². The van der Waals surface area contributed by atoms with Crippen LogP contribution < -0.4 is 0 Å². The predicted octanol–water partition coefficient (Wildman–Crippen LogP) is 2.16. The zero-order valence-electron chi connectivity index (χ0n) is 8.86. The maximum Gasteiger partial charge on any atom is 0.0927 e. The van der Waals surface area contributed by atoms with Crippen LogP contribution in [0.5, 0.6) is 0 Å². The van der Waals surface area contributed by atoms with Crippen molar-refractivity contribution in [1.29, 1.82) is 0 Å². The average molecular weight is 215 g/mol. The lowest BCUT2D eigenvalue weighted by Crippen LogP contribution is -2.11. The first-order valence-corrected chi connectivity index (χ1v) is 5.61. The number of ether oxygens (including phenoxy) is 1. The second-order valence-corrected chi connectivity index (χ2v) is 4.39. The maximum absolute atomic E-state index is 10.0. The Morgan fingerprint density at radius 1 is 1.64 bits per heavy atom. The van der Waals surface area contributed by atoms with Gasteiger partial charge in [0, 0.05) is 13.7 Å². The summed E-state index contributed by atoms with van der Waals surface area (Å²) in [6.45, 7) is 4.65. The zero-order valence-corrected chi connectivity index (χ0v) is 9.67. The van der Waals surface area contributed by atoms with Crippen molar-refractivity contribution >= 4 is 11.3 Å². The van der Waals surface area contributed by atoms with E-state index in [2.05, 4.69) is 4.98 Å². The minimum Gasteiger partial charge on any atom is -0.387 e. The van der Waals surface area contributed by atoms with E-state index in [0.717, 1.165) is 17.0 Å². The molecule has 1 aromatic heterocycles. The summed E-state index contributed by atoms with van der Waals surface area (Å²) in [5.74, 6) is 0.217. The van der Waals surface area contributed by atoms with Gasteiger partial charge in [-0.2, -0.15) is 0 Å². The third-order valence-electron chi connectivity index (χ3n) is 2.37. The van der Waals surface area contributed by atoms with Gasteiger partial charge < -0.3 is 9.84 Å². The molecule has 0 radical (unpaired) electrons. The summed E-state index contributed by atoms with van der Waals surface area (Å²) in [5.41, 5.74) is 2.71. The predicted molar refractivity (Wildman–Crippen MR) is 57.5 cm³/mol. The molecule has 0 aliphatic rings. The Balaban J connectivity index is 2.56. The van der Waals surface area contributed by atoms with Crippen molar-refractivity contribution in [3.63, 3.8) is 0 Å². The van der Waals surface area contributed by atoms with Gasteiger partial charge in [0.15, 0.2) is 0 Å². The Bertz CT molecular complexity index is 275. The SMILES string of the molecule is COCCC(C)C(O)c1scnc1C. The number of aliphatic hydroxyl groups is 1. The number of aromatic nitrogens is 1. The number of nitrogens with zero attached hydrogens (tertiary/aromatic N) is 1. The van der Waals surface area contributed by atoms with Gasteiger partial charge in [-0.3, -0.25) is 0 Å². The Morgan fingerprint density at radius 2 is 2.36 bits per heavy atom. The summed E-state index contributed by atoms with van der Waals surface area (Å²) in [6, 6.07) is 0. The van der Waals surface area contributed by atoms with E-state index in [1.54, 1.807) is 12.6 Å². The van der Waals surface area contributed by atoms with Crippen molar-refractivity contribution in [1.82, 2.24) is 4.98 Å². The van der Waals surface area contributed by atoms with Gasteiger partial charge in [0.2, 0.25) is 0 Å². The van der Waals surface area contributed by atoms with Gasteiger partial charge >= 0.3 is 0 Å². The third-order valence-corrected chi connectivity index (χ3v) is 3.37. The van der Waals surface area contributed by atoms with E-state index in [-0.39, 0.29) is 5.92 Å². The fourth-order valence-corrected chi connectivity index (χ4v) is 2.23. The standard InChI is InChI=1S/C10H17NO2S/c1-7(4-5-13-3)9(12)10-8(2)11-6-14-10/h6-7,9,12H,4-5H2,1-3H3. The number of hydrogen-bond acceptors (Lipinski definition) is 4. The van der Waals surface area contributed by atoms with E-state index in [1.165, 1.54) is 11.3 Å².